The first kappa shape index (κ1) is 18.7. The Morgan fingerprint density at radius 2 is 1.71 bits per heavy atom. The predicted octanol–water partition coefficient (Wildman–Crippen LogP) is 5.80. The highest BCUT2D eigenvalue weighted by Gasteiger charge is 2.24. The Kier molecular flexibility index (Phi) is 5.75. The molecule has 142 valence electrons. The summed E-state index contributed by atoms with van der Waals surface area (Å²) in [5.41, 5.74) is 4.04. The zero-order valence-electron chi connectivity index (χ0n) is 15.6. The minimum atomic E-state index is -0.0814. The Labute approximate surface area is 170 Å². The number of carbonyl (C=O) groups is 1. The second kappa shape index (κ2) is 8.59. The van der Waals surface area contributed by atoms with Crippen LogP contribution in [0.2, 0.25) is 5.02 Å². The number of nitrogens with one attached hydrogen (secondary N) is 2. The van der Waals surface area contributed by atoms with Crippen LogP contribution in [0.5, 0.6) is 0 Å². The molecule has 0 bridgehead atoms. The number of amides is 1. The lowest BCUT2D eigenvalue weighted by molar-refractivity contribution is 0.102. The van der Waals surface area contributed by atoms with Gasteiger partial charge in [-0.2, -0.15) is 0 Å². The number of benzene rings is 3. The summed E-state index contributed by atoms with van der Waals surface area (Å²) < 4.78 is 0. The van der Waals surface area contributed by atoms with Crippen LogP contribution >= 0.6 is 11.6 Å². The zero-order valence-corrected chi connectivity index (χ0v) is 16.3. The minimum absolute atomic E-state index is 0.0814. The molecule has 4 heteroatoms. The van der Waals surface area contributed by atoms with Gasteiger partial charge in [0.15, 0.2) is 0 Å². The Morgan fingerprint density at radius 1 is 0.929 bits per heavy atom. The smallest absolute Gasteiger partial charge is 0.255 e. The van der Waals surface area contributed by atoms with E-state index in [4.69, 9.17) is 11.6 Å². The van der Waals surface area contributed by atoms with Gasteiger partial charge in [-0.25, -0.2) is 0 Å². The van der Waals surface area contributed by atoms with Crippen molar-refractivity contribution in [3.05, 3.63) is 101 Å². The van der Waals surface area contributed by atoms with E-state index >= 15 is 0 Å². The van der Waals surface area contributed by atoms with Crippen LogP contribution in [-0.2, 0) is 0 Å². The Bertz CT molecular complexity index is 940. The van der Waals surface area contributed by atoms with Gasteiger partial charge in [-0.15, -0.1) is 0 Å². The average molecular weight is 391 g/mol. The largest absolute Gasteiger partial charge is 0.322 e. The van der Waals surface area contributed by atoms with E-state index < -0.39 is 0 Å². The van der Waals surface area contributed by atoms with Crippen molar-refractivity contribution in [1.82, 2.24) is 5.32 Å². The molecule has 4 rings (SSSR count). The summed E-state index contributed by atoms with van der Waals surface area (Å²) in [6.45, 7) is 0.971. The average Bonchev–Trinajstić information content (AvgIpc) is 2.75. The van der Waals surface area contributed by atoms with E-state index in [-0.39, 0.29) is 5.91 Å². The molecular formula is C24H23ClN2O. The molecule has 3 aromatic rings. The van der Waals surface area contributed by atoms with Gasteiger partial charge in [-0.05, 0) is 72.8 Å². The van der Waals surface area contributed by atoms with Gasteiger partial charge < -0.3 is 10.6 Å². The van der Waals surface area contributed by atoms with Crippen molar-refractivity contribution in [2.45, 2.75) is 24.8 Å². The Balaban J connectivity index is 1.47. The second-order valence-corrected chi connectivity index (χ2v) is 7.66. The number of hydrogen-bond donors (Lipinski definition) is 2. The van der Waals surface area contributed by atoms with Crippen LogP contribution in [0, 0.1) is 0 Å². The maximum atomic E-state index is 12.4. The fourth-order valence-corrected chi connectivity index (χ4v) is 3.96. The molecular weight excluding hydrogens is 368 g/mol. The summed E-state index contributed by atoms with van der Waals surface area (Å²) >= 11 is 6.02. The van der Waals surface area contributed by atoms with Gasteiger partial charge in [0.2, 0.25) is 0 Å². The number of hydrogen-bond acceptors (Lipinski definition) is 2. The van der Waals surface area contributed by atoms with Gasteiger partial charge >= 0.3 is 0 Å². The molecule has 2 unspecified atom stereocenters. The van der Waals surface area contributed by atoms with Gasteiger partial charge in [0.25, 0.3) is 5.91 Å². The third-order valence-electron chi connectivity index (χ3n) is 5.33. The maximum Gasteiger partial charge on any atom is 0.255 e. The van der Waals surface area contributed by atoms with Crippen molar-refractivity contribution in [2.75, 3.05) is 11.9 Å². The zero-order chi connectivity index (χ0) is 19.3. The summed E-state index contributed by atoms with van der Waals surface area (Å²) in [7, 11) is 0. The topological polar surface area (TPSA) is 41.1 Å². The first-order valence-electron chi connectivity index (χ1n) is 9.64. The molecule has 0 aliphatic carbocycles. The molecule has 0 spiro atoms. The van der Waals surface area contributed by atoms with Gasteiger partial charge in [0, 0.05) is 22.3 Å². The van der Waals surface area contributed by atoms with E-state index in [1.165, 1.54) is 11.1 Å². The fraction of sp³-hybridized carbons (Fsp3) is 0.208. The van der Waals surface area contributed by atoms with Crippen LogP contribution < -0.4 is 10.6 Å². The molecule has 2 N–H and O–H groups in total. The summed E-state index contributed by atoms with van der Waals surface area (Å²) in [6, 6.07) is 25.9. The van der Waals surface area contributed by atoms with E-state index in [0.29, 0.717) is 17.5 Å². The van der Waals surface area contributed by atoms with Gasteiger partial charge in [0.1, 0.15) is 0 Å². The molecule has 0 aromatic heterocycles. The van der Waals surface area contributed by atoms with Crippen LogP contribution in [0.4, 0.5) is 5.69 Å². The molecule has 1 aliphatic heterocycles. The van der Waals surface area contributed by atoms with Crippen LogP contribution in [0.3, 0.4) is 0 Å². The number of carbonyl (C=O) groups excluding carboxylic acids is 1. The van der Waals surface area contributed by atoms with Crippen LogP contribution in [-0.4, -0.2) is 12.5 Å². The van der Waals surface area contributed by atoms with Crippen LogP contribution in [0.1, 0.15) is 46.3 Å². The van der Waals surface area contributed by atoms with Crippen molar-refractivity contribution in [2.24, 2.45) is 0 Å². The normalized spacial score (nSPS) is 19.2. The lowest BCUT2D eigenvalue weighted by Crippen LogP contribution is -2.30. The lowest BCUT2D eigenvalue weighted by atomic mass is 9.84. The van der Waals surface area contributed by atoms with Crippen molar-refractivity contribution in [1.29, 1.82) is 0 Å². The van der Waals surface area contributed by atoms with E-state index in [9.17, 15) is 4.79 Å². The fourth-order valence-electron chi connectivity index (χ4n) is 3.83. The SMILES string of the molecule is O=C(Nc1cccc(C2CCNC(c3ccc(Cl)cc3)C2)c1)c1ccccc1. The molecule has 0 radical (unpaired) electrons. The molecule has 1 fully saturated rings. The van der Waals surface area contributed by atoms with Crippen molar-refractivity contribution < 1.29 is 4.79 Å². The van der Waals surface area contributed by atoms with Crippen LogP contribution in [0.15, 0.2) is 78.9 Å². The number of rotatable bonds is 4. The third kappa shape index (κ3) is 4.44. The number of anilines is 1. The molecule has 28 heavy (non-hydrogen) atoms. The van der Waals surface area contributed by atoms with Crippen molar-refractivity contribution >= 4 is 23.2 Å². The molecule has 1 aliphatic rings. The predicted molar refractivity (Wildman–Crippen MR) is 115 cm³/mol. The summed E-state index contributed by atoms with van der Waals surface area (Å²) in [6.07, 6.45) is 2.11. The first-order valence-corrected chi connectivity index (χ1v) is 10.0. The molecule has 3 aromatic carbocycles. The molecule has 3 nitrogen and oxygen atoms in total. The summed E-state index contributed by atoms with van der Waals surface area (Å²) in [5, 5.41) is 7.39. The molecule has 1 saturated heterocycles. The van der Waals surface area contributed by atoms with Crippen molar-refractivity contribution in [3.8, 4) is 0 Å². The standard InChI is InChI=1S/C24H23ClN2O/c25-21-11-9-17(10-12-21)23-16-20(13-14-26-23)19-7-4-8-22(15-19)27-24(28)18-5-2-1-3-6-18/h1-12,15,20,23,26H,13-14,16H2,(H,27,28). The number of halogens is 1. The third-order valence-corrected chi connectivity index (χ3v) is 5.58. The summed E-state index contributed by atoms with van der Waals surface area (Å²) in [5.74, 6) is 0.373. The van der Waals surface area contributed by atoms with E-state index in [1.807, 2.05) is 54.6 Å². The van der Waals surface area contributed by atoms with E-state index in [1.54, 1.807) is 0 Å². The van der Waals surface area contributed by atoms with Gasteiger partial charge in [-0.1, -0.05) is 54.1 Å². The van der Waals surface area contributed by atoms with Crippen molar-refractivity contribution in [3.63, 3.8) is 0 Å². The van der Waals surface area contributed by atoms with E-state index in [0.717, 1.165) is 30.1 Å². The molecule has 0 saturated carbocycles. The highest BCUT2D eigenvalue weighted by Crippen LogP contribution is 2.35. The van der Waals surface area contributed by atoms with Gasteiger partial charge in [0.05, 0.1) is 0 Å². The second-order valence-electron chi connectivity index (χ2n) is 7.23. The minimum Gasteiger partial charge on any atom is -0.322 e. The Hall–Kier alpha value is -2.62. The quantitative estimate of drug-likeness (QED) is 0.591. The summed E-state index contributed by atoms with van der Waals surface area (Å²) in [4.78, 5) is 12.4. The van der Waals surface area contributed by atoms with Crippen LogP contribution in [0.25, 0.3) is 0 Å². The molecule has 1 heterocycles. The molecule has 1 amide bonds. The lowest BCUT2D eigenvalue weighted by Gasteiger charge is -2.31. The highest BCUT2D eigenvalue weighted by molar-refractivity contribution is 6.30. The maximum absolute atomic E-state index is 12.4. The highest BCUT2D eigenvalue weighted by atomic mass is 35.5. The Morgan fingerprint density at radius 3 is 2.50 bits per heavy atom. The number of piperidine rings is 1. The monoisotopic (exact) mass is 390 g/mol. The van der Waals surface area contributed by atoms with Gasteiger partial charge in [-0.3, -0.25) is 4.79 Å². The van der Waals surface area contributed by atoms with E-state index in [2.05, 4.69) is 34.9 Å². The first-order chi connectivity index (χ1) is 13.7. The molecule has 2 atom stereocenters.